The molecule has 0 aliphatic heterocycles. The molecule has 0 aliphatic carbocycles. The van der Waals surface area contributed by atoms with Crippen LogP contribution in [0.25, 0.3) is 0 Å². The van der Waals surface area contributed by atoms with Crippen molar-refractivity contribution in [2.24, 2.45) is 0 Å². The van der Waals surface area contributed by atoms with Gasteiger partial charge in [0.2, 0.25) is 0 Å². The van der Waals surface area contributed by atoms with Crippen LogP contribution in [0.4, 0.5) is 0 Å². The van der Waals surface area contributed by atoms with Crippen molar-refractivity contribution in [3.05, 3.63) is 0 Å². The van der Waals surface area contributed by atoms with Gasteiger partial charge in [0.25, 0.3) is 0 Å². The summed E-state index contributed by atoms with van der Waals surface area (Å²) in [5.74, 6) is 0. The Hall–Kier alpha value is 2.21. The first kappa shape index (κ1) is 18.9. The third-order valence-corrected chi connectivity index (χ3v) is 0. The van der Waals surface area contributed by atoms with Crippen LogP contribution in [-0.2, 0) is 0 Å². The van der Waals surface area contributed by atoms with E-state index in [0.717, 1.165) is 0 Å². The first-order valence-corrected chi connectivity index (χ1v) is 6.41. The van der Waals surface area contributed by atoms with E-state index in [9.17, 15) is 0 Å². The van der Waals surface area contributed by atoms with Crippen LogP contribution in [0.1, 0.15) is 0 Å². The molecule has 0 saturated heterocycles. The maximum absolute atomic E-state index is 8.58. The molecule has 0 unspecified atom stereocenters. The predicted octanol–water partition coefficient (Wildman–Crippen LogP) is -9.89. The molecule has 0 spiro atoms. The molecule has 0 fully saturated rings. The summed E-state index contributed by atoms with van der Waals surface area (Å²) in [6.07, 6.45) is 0. The maximum Gasteiger partial charge on any atom is 2.00 e. The van der Waals surface area contributed by atoms with Crippen molar-refractivity contribution in [3.63, 3.8) is 0 Å². The van der Waals surface area contributed by atoms with Gasteiger partial charge >= 0.3 is 48.9 Å². The molecule has 0 radical (unpaired) electrons. The molecule has 0 amide bonds. The summed E-state index contributed by atoms with van der Waals surface area (Å²) < 4.78 is 68.6. The van der Waals surface area contributed by atoms with E-state index in [4.69, 9.17) is 33.6 Å². The molecule has 0 heterocycles. The second kappa shape index (κ2) is 7.60. The van der Waals surface area contributed by atoms with Crippen molar-refractivity contribution in [1.82, 2.24) is 0 Å². The van der Waals surface area contributed by atoms with E-state index in [0.29, 0.717) is 0 Å². The SMILES string of the molecule is [Ba+2].[O-][Br+3]([O-])([O-])[O-].[O-][Br+3]([O-])([O-])[O-]. The van der Waals surface area contributed by atoms with Crippen LogP contribution in [-0.4, -0.2) is 48.9 Å². The summed E-state index contributed by atoms with van der Waals surface area (Å²) in [5, 5.41) is 0. The minimum Gasteiger partial charge on any atom is -0.264 e. The van der Waals surface area contributed by atoms with Crippen LogP contribution in [0.15, 0.2) is 0 Å². The molecule has 0 aromatic carbocycles. The normalized spacial score (nSPS) is 10.9. The molecule has 0 saturated carbocycles. The Balaban J connectivity index is -0.000000107. The molecular weight excluding hydrogens is 425 g/mol. The zero-order valence-corrected chi connectivity index (χ0v) is 12.3. The molecule has 0 aromatic heterocycles. The van der Waals surface area contributed by atoms with E-state index >= 15 is 0 Å². The summed E-state index contributed by atoms with van der Waals surface area (Å²) in [6.45, 7) is 0. The van der Waals surface area contributed by atoms with Gasteiger partial charge in [-0.25, -0.2) is 0 Å². The zero-order valence-electron chi connectivity index (χ0n) is 4.73. The van der Waals surface area contributed by atoms with Crippen molar-refractivity contribution < 1.29 is 61.8 Å². The van der Waals surface area contributed by atoms with Gasteiger partial charge in [0.1, 0.15) is 0 Å². The summed E-state index contributed by atoms with van der Waals surface area (Å²) in [4.78, 5) is 0. The zero-order chi connectivity index (χ0) is 9.00. The fourth-order valence-electron chi connectivity index (χ4n) is 0. The molecule has 11 heteroatoms. The molecule has 11 heavy (non-hydrogen) atoms. The van der Waals surface area contributed by atoms with Gasteiger partial charge in [-0.3, -0.25) is 33.6 Å². The van der Waals surface area contributed by atoms with Crippen LogP contribution in [0.5, 0.6) is 0 Å². The number of halogens is 2. The Morgan fingerprint density at radius 2 is 0.455 bits per heavy atom. The van der Waals surface area contributed by atoms with Gasteiger partial charge in [0, 0.05) is 0 Å². The Kier molecular flexibility index (Phi) is 13.1. The van der Waals surface area contributed by atoms with Crippen LogP contribution in [0.3, 0.4) is 0 Å². The van der Waals surface area contributed by atoms with Gasteiger partial charge < -0.3 is 0 Å². The van der Waals surface area contributed by atoms with Gasteiger partial charge in [-0.2, -0.15) is 0 Å². The topological polar surface area (TPSA) is 184 Å². The van der Waals surface area contributed by atoms with E-state index in [1.54, 1.807) is 0 Å². The van der Waals surface area contributed by atoms with Crippen molar-refractivity contribution in [2.45, 2.75) is 0 Å². The first-order chi connectivity index (χ1) is 4.00. The molecule has 0 rings (SSSR count). The smallest absolute Gasteiger partial charge is 0.264 e. The fraction of sp³-hybridized carbons (Fsp3) is 0. The minimum atomic E-state index is -5.62. The average molecular weight is 425 g/mol. The van der Waals surface area contributed by atoms with Crippen LogP contribution in [0.2, 0.25) is 0 Å². The Labute approximate surface area is 109 Å². The number of rotatable bonds is 0. The third-order valence-electron chi connectivity index (χ3n) is 0. The van der Waals surface area contributed by atoms with Gasteiger partial charge in [0.15, 0.2) is 0 Å². The van der Waals surface area contributed by atoms with Crippen molar-refractivity contribution in [3.8, 4) is 0 Å². The monoisotopic (exact) mass is 424 g/mol. The molecule has 8 nitrogen and oxygen atoms in total. The predicted molar refractivity (Wildman–Crippen MR) is 5.75 cm³/mol. The van der Waals surface area contributed by atoms with Crippen LogP contribution < -0.4 is 33.6 Å². The second-order valence-electron chi connectivity index (χ2n) is 0.756. The number of hydrogen-bond acceptors (Lipinski definition) is 8. The van der Waals surface area contributed by atoms with Gasteiger partial charge in [-0.05, 0) is 0 Å². The van der Waals surface area contributed by atoms with Crippen LogP contribution in [0, 0.1) is 28.2 Å². The molecular formula is BaBr2O8. The largest absolute Gasteiger partial charge is 2.00 e. The van der Waals surface area contributed by atoms with E-state index < -0.39 is 28.2 Å². The summed E-state index contributed by atoms with van der Waals surface area (Å²) in [6, 6.07) is 0. The van der Waals surface area contributed by atoms with Gasteiger partial charge in [-0.15, -0.1) is 0 Å². The van der Waals surface area contributed by atoms with E-state index in [2.05, 4.69) is 0 Å². The Morgan fingerprint density at radius 1 is 0.455 bits per heavy atom. The first-order valence-electron chi connectivity index (χ1n) is 1.23. The van der Waals surface area contributed by atoms with Crippen molar-refractivity contribution >= 4 is 48.9 Å². The summed E-state index contributed by atoms with van der Waals surface area (Å²) >= 11 is -11.2. The van der Waals surface area contributed by atoms with Crippen molar-refractivity contribution in [1.29, 1.82) is 0 Å². The van der Waals surface area contributed by atoms with Gasteiger partial charge in [0.05, 0.1) is 28.2 Å². The van der Waals surface area contributed by atoms with Gasteiger partial charge in [-0.1, -0.05) is 0 Å². The third kappa shape index (κ3) is 260. The van der Waals surface area contributed by atoms with E-state index in [-0.39, 0.29) is 48.9 Å². The molecule has 0 aliphatic rings. The molecule has 0 bridgehead atoms. The minimum absolute atomic E-state index is 0. The Morgan fingerprint density at radius 3 is 0.455 bits per heavy atom. The van der Waals surface area contributed by atoms with Crippen LogP contribution >= 0.6 is 0 Å². The quantitative estimate of drug-likeness (QED) is 0.343. The maximum atomic E-state index is 8.58. The average Bonchev–Trinajstić information content (AvgIpc) is 1.12. The molecule has 0 aromatic rings. The number of hydrogen-bond donors (Lipinski definition) is 0. The summed E-state index contributed by atoms with van der Waals surface area (Å²) in [7, 11) is 0. The van der Waals surface area contributed by atoms with Crippen molar-refractivity contribution in [2.75, 3.05) is 0 Å². The van der Waals surface area contributed by atoms with E-state index in [1.165, 1.54) is 0 Å². The standard InChI is InChI=1S/Ba.2BrO4/c;2*2-1(3,4)5/q+2;2*-1. The summed E-state index contributed by atoms with van der Waals surface area (Å²) in [5.41, 5.74) is 0. The van der Waals surface area contributed by atoms with E-state index in [1.807, 2.05) is 0 Å². The molecule has 0 N–H and O–H groups in total. The Bertz CT molecular complexity index is 55.1. The second-order valence-corrected chi connectivity index (χ2v) is 3.93. The molecule has 64 valence electrons. The fourth-order valence-corrected chi connectivity index (χ4v) is 0. The molecule has 0 atom stereocenters.